The zero-order valence-electron chi connectivity index (χ0n) is 15.4. The summed E-state index contributed by atoms with van der Waals surface area (Å²) in [6.07, 6.45) is 4.37. The number of hydrogen-bond donors (Lipinski definition) is 1. The standard InChI is InChI=1S/C20H20N2O4S2/c1-2-25-13-7-8-14-16(10-13)28-20(21-14)22-18(23)11-26-19(24)17-9-12-5-3-4-6-15(12)27-17/h7-10H,2-6,11H2,1H3,(H,21,22,23). The van der Waals surface area contributed by atoms with Gasteiger partial charge in [0.15, 0.2) is 11.7 Å². The smallest absolute Gasteiger partial charge is 0.348 e. The Morgan fingerprint density at radius 2 is 2.04 bits per heavy atom. The summed E-state index contributed by atoms with van der Waals surface area (Å²) >= 11 is 2.83. The van der Waals surface area contributed by atoms with E-state index in [2.05, 4.69) is 10.3 Å². The second kappa shape index (κ2) is 8.28. The zero-order chi connectivity index (χ0) is 19.5. The molecule has 0 bridgehead atoms. The van der Waals surface area contributed by atoms with E-state index in [9.17, 15) is 9.59 Å². The Morgan fingerprint density at radius 3 is 2.86 bits per heavy atom. The Kier molecular flexibility index (Phi) is 5.59. The second-order valence-electron chi connectivity index (χ2n) is 6.47. The van der Waals surface area contributed by atoms with Crippen LogP contribution in [0.25, 0.3) is 10.2 Å². The maximum Gasteiger partial charge on any atom is 0.348 e. The lowest BCUT2D eigenvalue weighted by atomic mass is 9.99. The van der Waals surface area contributed by atoms with Crippen LogP contribution < -0.4 is 10.1 Å². The minimum Gasteiger partial charge on any atom is -0.494 e. The molecule has 3 aromatic rings. The first-order valence-corrected chi connectivity index (χ1v) is 10.9. The lowest BCUT2D eigenvalue weighted by molar-refractivity contribution is -0.119. The molecule has 2 aromatic heterocycles. The molecule has 0 unspecified atom stereocenters. The summed E-state index contributed by atoms with van der Waals surface area (Å²) in [5.74, 6) is -0.0805. The molecule has 1 aliphatic rings. The number of fused-ring (bicyclic) bond motifs is 2. The number of esters is 1. The highest BCUT2D eigenvalue weighted by molar-refractivity contribution is 7.22. The van der Waals surface area contributed by atoms with Crippen molar-refractivity contribution in [2.24, 2.45) is 0 Å². The van der Waals surface area contributed by atoms with Crippen molar-refractivity contribution in [3.8, 4) is 5.75 Å². The van der Waals surface area contributed by atoms with Crippen LogP contribution in [0.2, 0.25) is 0 Å². The van der Waals surface area contributed by atoms with Crippen molar-refractivity contribution in [1.82, 2.24) is 4.98 Å². The predicted octanol–water partition coefficient (Wildman–Crippen LogP) is 4.43. The third-order valence-corrected chi connectivity index (χ3v) is 6.60. The van der Waals surface area contributed by atoms with Gasteiger partial charge in [-0.1, -0.05) is 11.3 Å². The molecule has 6 nitrogen and oxygen atoms in total. The second-order valence-corrected chi connectivity index (χ2v) is 8.64. The number of carbonyl (C=O) groups excluding carboxylic acids is 2. The number of carbonyl (C=O) groups is 2. The van der Waals surface area contributed by atoms with Crippen molar-refractivity contribution < 1.29 is 19.1 Å². The number of thiophene rings is 1. The van der Waals surface area contributed by atoms with Crippen molar-refractivity contribution in [2.75, 3.05) is 18.5 Å². The van der Waals surface area contributed by atoms with Crippen LogP contribution >= 0.6 is 22.7 Å². The van der Waals surface area contributed by atoms with Gasteiger partial charge in [-0.2, -0.15) is 0 Å². The Labute approximate surface area is 170 Å². The summed E-state index contributed by atoms with van der Waals surface area (Å²) in [4.78, 5) is 30.6. The molecule has 0 spiro atoms. The molecule has 0 atom stereocenters. The molecule has 1 aliphatic carbocycles. The van der Waals surface area contributed by atoms with E-state index in [-0.39, 0.29) is 6.61 Å². The molecule has 1 aromatic carbocycles. The molecular formula is C20H20N2O4S2. The number of aromatic nitrogens is 1. The van der Waals surface area contributed by atoms with Gasteiger partial charge in [0.2, 0.25) is 0 Å². The van der Waals surface area contributed by atoms with E-state index in [1.807, 2.05) is 31.2 Å². The van der Waals surface area contributed by atoms with E-state index in [0.29, 0.717) is 16.6 Å². The maximum absolute atomic E-state index is 12.2. The van der Waals surface area contributed by atoms with Crippen LogP contribution in [0.3, 0.4) is 0 Å². The average Bonchev–Trinajstić information content (AvgIpc) is 3.29. The fourth-order valence-corrected chi connectivity index (χ4v) is 5.22. The Bertz CT molecular complexity index is 1000. The van der Waals surface area contributed by atoms with Gasteiger partial charge in [0, 0.05) is 4.88 Å². The number of thiazole rings is 1. The van der Waals surface area contributed by atoms with E-state index >= 15 is 0 Å². The number of rotatable bonds is 6. The van der Waals surface area contributed by atoms with Gasteiger partial charge >= 0.3 is 5.97 Å². The number of amides is 1. The van der Waals surface area contributed by atoms with Crippen molar-refractivity contribution in [1.29, 1.82) is 0 Å². The summed E-state index contributed by atoms with van der Waals surface area (Å²) < 4.78 is 11.6. The van der Waals surface area contributed by atoms with Crippen LogP contribution in [-0.2, 0) is 22.4 Å². The van der Waals surface area contributed by atoms with Crippen molar-refractivity contribution >= 4 is 49.9 Å². The molecular weight excluding hydrogens is 396 g/mol. The third-order valence-electron chi connectivity index (χ3n) is 4.45. The lowest BCUT2D eigenvalue weighted by Gasteiger charge is -2.08. The molecule has 1 N–H and O–H groups in total. The zero-order valence-corrected chi connectivity index (χ0v) is 17.1. The molecule has 0 saturated carbocycles. The van der Waals surface area contributed by atoms with E-state index in [1.165, 1.54) is 39.5 Å². The van der Waals surface area contributed by atoms with Crippen LogP contribution in [0.5, 0.6) is 5.75 Å². The number of aryl methyl sites for hydroxylation is 2. The molecule has 0 radical (unpaired) electrons. The van der Waals surface area contributed by atoms with Gasteiger partial charge in [-0.05, 0) is 62.4 Å². The number of nitrogens with one attached hydrogen (secondary N) is 1. The minimum absolute atomic E-state index is 0.332. The van der Waals surface area contributed by atoms with Crippen molar-refractivity contribution in [2.45, 2.75) is 32.6 Å². The van der Waals surface area contributed by atoms with Gasteiger partial charge in [0.1, 0.15) is 10.6 Å². The van der Waals surface area contributed by atoms with Gasteiger partial charge in [-0.15, -0.1) is 11.3 Å². The molecule has 2 heterocycles. The number of benzene rings is 1. The first kappa shape index (κ1) is 18.9. The highest BCUT2D eigenvalue weighted by atomic mass is 32.1. The molecule has 146 valence electrons. The lowest BCUT2D eigenvalue weighted by Crippen LogP contribution is -2.20. The Morgan fingerprint density at radius 1 is 1.18 bits per heavy atom. The maximum atomic E-state index is 12.2. The fraction of sp³-hybridized carbons (Fsp3) is 0.350. The predicted molar refractivity (Wildman–Crippen MR) is 111 cm³/mol. The van der Waals surface area contributed by atoms with E-state index in [0.717, 1.165) is 35.2 Å². The fourth-order valence-electron chi connectivity index (χ4n) is 3.16. The van der Waals surface area contributed by atoms with Gasteiger partial charge < -0.3 is 9.47 Å². The Balaban J connectivity index is 1.34. The van der Waals surface area contributed by atoms with Crippen molar-refractivity contribution in [3.63, 3.8) is 0 Å². The quantitative estimate of drug-likeness (QED) is 0.602. The number of nitrogens with zero attached hydrogens (tertiary/aromatic N) is 1. The monoisotopic (exact) mass is 416 g/mol. The van der Waals surface area contributed by atoms with Crippen LogP contribution in [0.1, 0.15) is 39.9 Å². The largest absolute Gasteiger partial charge is 0.494 e. The summed E-state index contributed by atoms with van der Waals surface area (Å²) in [7, 11) is 0. The van der Waals surface area contributed by atoms with E-state index in [1.54, 1.807) is 0 Å². The summed E-state index contributed by atoms with van der Waals surface area (Å²) in [6, 6.07) is 7.50. The summed E-state index contributed by atoms with van der Waals surface area (Å²) in [6.45, 7) is 2.18. The van der Waals surface area contributed by atoms with Crippen LogP contribution in [0.4, 0.5) is 5.13 Å². The number of anilines is 1. The van der Waals surface area contributed by atoms with Gasteiger partial charge in [0.25, 0.3) is 5.91 Å². The first-order chi connectivity index (χ1) is 13.6. The van der Waals surface area contributed by atoms with Gasteiger partial charge in [-0.3, -0.25) is 10.1 Å². The van der Waals surface area contributed by atoms with Gasteiger partial charge in [0.05, 0.1) is 16.8 Å². The van der Waals surface area contributed by atoms with Gasteiger partial charge in [-0.25, -0.2) is 9.78 Å². The number of hydrogen-bond acceptors (Lipinski definition) is 7. The van der Waals surface area contributed by atoms with Crippen molar-refractivity contribution in [3.05, 3.63) is 39.6 Å². The SMILES string of the molecule is CCOc1ccc2nc(NC(=O)COC(=O)c3cc4c(s3)CCCC4)sc2c1. The van der Waals surface area contributed by atoms with E-state index in [4.69, 9.17) is 9.47 Å². The highest BCUT2D eigenvalue weighted by Crippen LogP contribution is 2.31. The van der Waals surface area contributed by atoms with Crippen LogP contribution in [-0.4, -0.2) is 30.1 Å². The Hall–Kier alpha value is -2.45. The summed E-state index contributed by atoms with van der Waals surface area (Å²) in [5, 5.41) is 3.16. The normalized spacial score (nSPS) is 13.2. The molecule has 8 heteroatoms. The number of ether oxygens (including phenoxy) is 2. The molecule has 28 heavy (non-hydrogen) atoms. The molecule has 0 aliphatic heterocycles. The summed E-state index contributed by atoms with van der Waals surface area (Å²) in [5.41, 5.74) is 2.03. The van der Waals surface area contributed by atoms with Crippen LogP contribution in [0.15, 0.2) is 24.3 Å². The molecule has 1 amide bonds. The van der Waals surface area contributed by atoms with E-state index < -0.39 is 11.9 Å². The topological polar surface area (TPSA) is 77.5 Å². The first-order valence-electron chi connectivity index (χ1n) is 9.24. The average molecular weight is 417 g/mol. The minimum atomic E-state index is -0.444. The molecule has 0 fully saturated rings. The molecule has 4 rings (SSSR count). The highest BCUT2D eigenvalue weighted by Gasteiger charge is 2.19. The van der Waals surface area contributed by atoms with Crippen LogP contribution in [0, 0.1) is 0 Å². The third kappa shape index (κ3) is 4.18. The molecule has 0 saturated heterocycles.